The number of carbonyl (C=O) groups excluding carboxylic acids is 1. The molecule has 3 aromatic heterocycles. The van der Waals surface area contributed by atoms with Crippen LogP contribution in [0.3, 0.4) is 0 Å². The molecule has 8 heteroatoms. The molecule has 3 heterocycles. The first kappa shape index (κ1) is 13.4. The van der Waals surface area contributed by atoms with Crippen LogP contribution in [0, 0.1) is 5.92 Å². The molecule has 22 heavy (non-hydrogen) atoms. The fraction of sp³-hybridized carbons (Fsp3) is 0.429. The molecule has 0 saturated carbocycles. The van der Waals surface area contributed by atoms with E-state index in [4.69, 9.17) is 5.73 Å². The summed E-state index contributed by atoms with van der Waals surface area (Å²) in [6.45, 7) is 2.04. The van der Waals surface area contributed by atoms with Crippen molar-refractivity contribution < 1.29 is 4.79 Å². The van der Waals surface area contributed by atoms with Crippen molar-refractivity contribution in [2.24, 2.45) is 11.7 Å². The van der Waals surface area contributed by atoms with E-state index in [-0.39, 0.29) is 12.2 Å². The summed E-state index contributed by atoms with van der Waals surface area (Å²) in [5.74, 6) is 0.0853. The molecule has 0 aliphatic heterocycles. The third kappa shape index (κ3) is 1.87. The number of aromatic nitrogens is 4. The summed E-state index contributed by atoms with van der Waals surface area (Å²) in [6.07, 6.45) is 4.64. The van der Waals surface area contributed by atoms with Crippen molar-refractivity contribution in [1.29, 1.82) is 0 Å². The van der Waals surface area contributed by atoms with E-state index in [1.807, 2.05) is 0 Å². The first-order chi connectivity index (χ1) is 10.5. The van der Waals surface area contributed by atoms with Crippen LogP contribution in [0.2, 0.25) is 0 Å². The van der Waals surface area contributed by atoms with Crippen LogP contribution in [0.25, 0.3) is 15.9 Å². The molecule has 0 bridgehead atoms. The van der Waals surface area contributed by atoms with Crippen LogP contribution in [-0.4, -0.2) is 25.1 Å². The second kappa shape index (κ2) is 4.64. The Kier molecular flexibility index (Phi) is 2.83. The Bertz CT molecular complexity index is 967. The first-order valence-electron chi connectivity index (χ1n) is 7.21. The van der Waals surface area contributed by atoms with Crippen molar-refractivity contribution in [2.75, 3.05) is 0 Å². The molecule has 1 aliphatic carbocycles. The third-order valence-corrected chi connectivity index (χ3v) is 5.35. The second-order valence-electron chi connectivity index (χ2n) is 5.88. The van der Waals surface area contributed by atoms with E-state index in [1.165, 1.54) is 21.2 Å². The maximum absolute atomic E-state index is 12.3. The SMILES string of the molecule is C[C@H]1CCc2c(sc3ncn4c(=O)n(CC(N)=O)nc4c23)C1. The number of fused-ring (bicyclic) bond motifs is 5. The van der Waals surface area contributed by atoms with Crippen LogP contribution in [0.5, 0.6) is 0 Å². The molecule has 3 aromatic rings. The van der Waals surface area contributed by atoms with Crippen LogP contribution < -0.4 is 11.4 Å². The van der Waals surface area contributed by atoms with Gasteiger partial charge in [0.2, 0.25) is 5.91 Å². The number of rotatable bonds is 2. The van der Waals surface area contributed by atoms with Crippen LogP contribution in [0.15, 0.2) is 11.1 Å². The zero-order valence-corrected chi connectivity index (χ0v) is 12.9. The normalized spacial score (nSPS) is 18.0. The number of primary amides is 1. The lowest BCUT2D eigenvalue weighted by Gasteiger charge is -2.17. The molecule has 1 atom stereocenters. The average molecular weight is 317 g/mol. The van der Waals surface area contributed by atoms with Crippen LogP contribution in [0.4, 0.5) is 0 Å². The van der Waals surface area contributed by atoms with Gasteiger partial charge in [-0.05, 0) is 30.7 Å². The molecule has 7 nitrogen and oxygen atoms in total. The van der Waals surface area contributed by atoms with Gasteiger partial charge in [-0.15, -0.1) is 16.4 Å². The number of carbonyl (C=O) groups is 1. The summed E-state index contributed by atoms with van der Waals surface area (Å²) in [5.41, 5.74) is 6.62. The summed E-state index contributed by atoms with van der Waals surface area (Å²) in [5, 5.41) is 5.27. The highest BCUT2D eigenvalue weighted by Gasteiger charge is 2.24. The summed E-state index contributed by atoms with van der Waals surface area (Å²) in [6, 6.07) is 0. The molecule has 4 rings (SSSR count). The van der Waals surface area contributed by atoms with Crippen molar-refractivity contribution in [3.8, 4) is 0 Å². The molecule has 0 spiro atoms. The van der Waals surface area contributed by atoms with E-state index in [1.54, 1.807) is 11.3 Å². The predicted molar refractivity (Wildman–Crippen MR) is 83.0 cm³/mol. The van der Waals surface area contributed by atoms with Gasteiger partial charge in [0.15, 0.2) is 5.65 Å². The van der Waals surface area contributed by atoms with Gasteiger partial charge in [0.1, 0.15) is 17.7 Å². The van der Waals surface area contributed by atoms with Crippen molar-refractivity contribution in [1.82, 2.24) is 19.2 Å². The zero-order valence-electron chi connectivity index (χ0n) is 12.1. The number of nitrogens with two attached hydrogens (primary N) is 1. The van der Waals surface area contributed by atoms with E-state index >= 15 is 0 Å². The van der Waals surface area contributed by atoms with Crippen molar-refractivity contribution in [3.63, 3.8) is 0 Å². The highest BCUT2D eigenvalue weighted by molar-refractivity contribution is 7.19. The van der Waals surface area contributed by atoms with E-state index in [2.05, 4.69) is 17.0 Å². The van der Waals surface area contributed by atoms with Gasteiger partial charge in [0.25, 0.3) is 0 Å². The van der Waals surface area contributed by atoms with Crippen molar-refractivity contribution >= 4 is 33.1 Å². The minimum Gasteiger partial charge on any atom is -0.368 e. The second-order valence-corrected chi connectivity index (χ2v) is 6.96. The maximum atomic E-state index is 12.3. The predicted octanol–water partition coefficient (Wildman–Crippen LogP) is 0.716. The summed E-state index contributed by atoms with van der Waals surface area (Å²) < 4.78 is 2.50. The number of aryl methyl sites for hydroxylation is 1. The quantitative estimate of drug-likeness (QED) is 0.753. The van der Waals surface area contributed by atoms with Crippen molar-refractivity contribution in [2.45, 2.75) is 32.7 Å². The van der Waals surface area contributed by atoms with Gasteiger partial charge < -0.3 is 5.73 Å². The molecular weight excluding hydrogens is 302 g/mol. The largest absolute Gasteiger partial charge is 0.368 e. The minimum absolute atomic E-state index is 0.217. The number of hydrogen-bond acceptors (Lipinski definition) is 5. The van der Waals surface area contributed by atoms with Crippen LogP contribution in [-0.2, 0) is 24.2 Å². The maximum Gasteiger partial charge on any atom is 0.352 e. The Morgan fingerprint density at radius 1 is 1.55 bits per heavy atom. The van der Waals surface area contributed by atoms with Gasteiger partial charge in [-0.2, -0.15) is 0 Å². The first-order valence-corrected chi connectivity index (χ1v) is 8.03. The number of amides is 1. The lowest BCUT2D eigenvalue weighted by atomic mass is 9.89. The molecule has 0 radical (unpaired) electrons. The molecule has 1 amide bonds. The van der Waals surface area contributed by atoms with E-state index in [0.29, 0.717) is 11.6 Å². The van der Waals surface area contributed by atoms with Gasteiger partial charge in [-0.3, -0.25) is 4.79 Å². The number of thiophene rings is 1. The minimum atomic E-state index is -0.587. The van der Waals surface area contributed by atoms with E-state index in [0.717, 1.165) is 34.2 Å². The molecule has 1 aliphatic rings. The summed E-state index contributed by atoms with van der Waals surface area (Å²) >= 11 is 1.68. The van der Waals surface area contributed by atoms with E-state index in [9.17, 15) is 9.59 Å². The zero-order chi connectivity index (χ0) is 15.4. The molecule has 0 unspecified atom stereocenters. The fourth-order valence-electron chi connectivity index (χ4n) is 3.11. The number of hydrogen-bond donors (Lipinski definition) is 1. The number of nitrogens with zero attached hydrogens (tertiary/aromatic N) is 4. The Morgan fingerprint density at radius 2 is 2.36 bits per heavy atom. The smallest absolute Gasteiger partial charge is 0.352 e. The molecular formula is C14H15N5O2S. The van der Waals surface area contributed by atoms with Gasteiger partial charge in [-0.1, -0.05) is 6.92 Å². The molecule has 0 aromatic carbocycles. The van der Waals surface area contributed by atoms with Gasteiger partial charge >= 0.3 is 5.69 Å². The van der Waals surface area contributed by atoms with Gasteiger partial charge in [0.05, 0.1) is 5.39 Å². The lowest BCUT2D eigenvalue weighted by molar-refractivity contribution is -0.118. The van der Waals surface area contributed by atoms with Gasteiger partial charge in [0, 0.05) is 4.88 Å². The molecule has 2 N–H and O–H groups in total. The van der Waals surface area contributed by atoms with E-state index < -0.39 is 5.91 Å². The summed E-state index contributed by atoms with van der Waals surface area (Å²) in [7, 11) is 0. The monoisotopic (exact) mass is 317 g/mol. The lowest BCUT2D eigenvalue weighted by Crippen LogP contribution is -2.28. The van der Waals surface area contributed by atoms with Crippen LogP contribution in [0.1, 0.15) is 23.8 Å². The highest BCUT2D eigenvalue weighted by Crippen LogP contribution is 2.38. The highest BCUT2D eigenvalue weighted by atomic mass is 32.1. The topological polar surface area (TPSA) is 95.3 Å². The van der Waals surface area contributed by atoms with Crippen molar-refractivity contribution in [3.05, 3.63) is 27.3 Å². The van der Waals surface area contributed by atoms with Crippen LogP contribution >= 0.6 is 11.3 Å². The summed E-state index contributed by atoms with van der Waals surface area (Å²) in [4.78, 5) is 30.0. The Hall–Kier alpha value is -2.22. The average Bonchev–Trinajstić information content (AvgIpc) is 2.96. The molecule has 0 fully saturated rings. The third-order valence-electron chi connectivity index (χ3n) is 4.18. The standard InChI is InChI=1S/C14H15N5O2S/c1-7-2-3-8-9(4-7)22-13-11(8)12-17-19(5-10(15)20)14(21)18(12)6-16-13/h6-7H,2-5H2,1H3,(H2,15,20)/t7-/m0/s1. The Labute approximate surface area is 129 Å². The Morgan fingerprint density at radius 3 is 3.14 bits per heavy atom. The van der Waals surface area contributed by atoms with Gasteiger partial charge in [-0.25, -0.2) is 18.9 Å². The molecule has 0 saturated heterocycles. The molecule has 114 valence electrons. The fourth-order valence-corrected chi connectivity index (χ4v) is 4.46. The Balaban J connectivity index is 2.02.